The van der Waals surface area contributed by atoms with Crippen molar-refractivity contribution >= 4 is 0 Å². The minimum Gasteiger partial charge on any atom is -0.313 e. The highest BCUT2D eigenvalue weighted by Gasteiger charge is 2.30. The number of likely N-dealkylation sites (tertiary alicyclic amines) is 1. The van der Waals surface area contributed by atoms with Crippen LogP contribution < -0.4 is 5.73 Å². The Morgan fingerprint density at radius 3 is 2.25 bits per heavy atom. The lowest BCUT2D eigenvalue weighted by Gasteiger charge is -2.42. The van der Waals surface area contributed by atoms with E-state index in [-0.39, 0.29) is 5.66 Å². The number of rotatable bonds is 4. The van der Waals surface area contributed by atoms with Gasteiger partial charge in [0.1, 0.15) is 0 Å². The van der Waals surface area contributed by atoms with Crippen LogP contribution in [0.5, 0.6) is 0 Å². The third kappa shape index (κ3) is 3.83. The van der Waals surface area contributed by atoms with Crippen molar-refractivity contribution in [3.8, 4) is 0 Å². The number of nitrogens with zero attached hydrogens (tertiary/aromatic N) is 1. The molecule has 0 bridgehead atoms. The van der Waals surface area contributed by atoms with Gasteiger partial charge in [-0.25, -0.2) is 0 Å². The molecule has 1 saturated heterocycles. The maximum Gasteiger partial charge on any atom is 0.0699 e. The van der Waals surface area contributed by atoms with E-state index in [0.717, 1.165) is 25.4 Å². The Morgan fingerprint density at radius 1 is 1.20 bits per heavy atom. The summed E-state index contributed by atoms with van der Waals surface area (Å²) in [6.07, 6.45) is 3.48. The highest BCUT2D eigenvalue weighted by Crippen LogP contribution is 2.24. The maximum atomic E-state index is 6.59. The average molecular weight is 274 g/mol. The van der Waals surface area contributed by atoms with Crippen LogP contribution in [-0.4, -0.2) is 23.7 Å². The molecule has 1 unspecified atom stereocenters. The van der Waals surface area contributed by atoms with Crippen molar-refractivity contribution in [2.75, 3.05) is 13.1 Å². The van der Waals surface area contributed by atoms with Crippen molar-refractivity contribution in [2.45, 2.75) is 58.5 Å². The summed E-state index contributed by atoms with van der Waals surface area (Å²) in [5.41, 5.74) is 9.12. The number of nitrogens with two attached hydrogens (primary N) is 1. The lowest BCUT2D eigenvalue weighted by atomic mass is 9.93. The summed E-state index contributed by atoms with van der Waals surface area (Å²) in [5.74, 6) is 1.45. The zero-order valence-electron chi connectivity index (χ0n) is 13.5. The maximum absolute atomic E-state index is 6.59. The Kier molecular flexibility index (Phi) is 4.87. The summed E-state index contributed by atoms with van der Waals surface area (Å²) in [6.45, 7) is 11.3. The van der Waals surface area contributed by atoms with Gasteiger partial charge in [0.05, 0.1) is 5.66 Å². The van der Waals surface area contributed by atoms with Gasteiger partial charge >= 0.3 is 0 Å². The van der Waals surface area contributed by atoms with Gasteiger partial charge < -0.3 is 5.73 Å². The molecular formula is C18H30N2. The van der Waals surface area contributed by atoms with E-state index in [2.05, 4.69) is 56.9 Å². The van der Waals surface area contributed by atoms with Crippen LogP contribution in [0.15, 0.2) is 24.3 Å². The molecule has 112 valence electrons. The summed E-state index contributed by atoms with van der Waals surface area (Å²) < 4.78 is 0. The third-order valence-electron chi connectivity index (χ3n) is 4.71. The number of hydrogen-bond donors (Lipinski definition) is 1. The Labute approximate surface area is 124 Å². The Balaban J connectivity index is 2.00. The molecule has 0 spiro atoms. The normalized spacial score (nSPS) is 21.1. The van der Waals surface area contributed by atoms with Crippen LogP contribution in [0.1, 0.15) is 57.6 Å². The standard InChI is InChI=1S/C18H30N2/c1-14(2)17-7-5-16(6-8-17)13-18(4,19)20-11-9-15(3)10-12-20/h5-8,14-15H,9-13,19H2,1-4H3. The highest BCUT2D eigenvalue weighted by atomic mass is 15.3. The summed E-state index contributed by atoms with van der Waals surface area (Å²) >= 11 is 0. The lowest BCUT2D eigenvalue weighted by molar-refractivity contribution is 0.0695. The highest BCUT2D eigenvalue weighted by molar-refractivity contribution is 5.25. The molecule has 2 N–H and O–H groups in total. The van der Waals surface area contributed by atoms with Gasteiger partial charge in [-0.2, -0.15) is 0 Å². The predicted octanol–water partition coefficient (Wildman–Crippen LogP) is 3.76. The molecule has 2 rings (SSSR count). The van der Waals surface area contributed by atoms with E-state index in [0.29, 0.717) is 5.92 Å². The summed E-state index contributed by atoms with van der Waals surface area (Å²) in [5, 5.41) is 0. The molecule has 1 aliphatic rings. The van der Waals surface area contributed by atoms with Crippen molar-refractivity contribution in [1.82, 2.24) is 4.90 Å². The minimum absolute atomic E-state index is 0.223. The fourth-order valence-corrected chi connectivity index (χ4v) is 3.06. The molecule has 1 heterocycles. The van der Waals surface area contributed by atoms with Crippen molar-refractivity contribution < 1.29 is 0 Å². The molecule has 2 heteroatoms. The second-order valence-electron chi connectivity index (χ2n) is 7.10. The first-order chi connectivity index (χ1) is 9.38. The van der Waals surface area contributed by atoms with Gasteiger partial charge in [0.25, 0.3) is 0 Å². The van der Waals surface area contributed by atoms with Crippen LogP contribution in [0.2, 0.25) is 0 Å². The molecule has 1 aromatic rings. The largest absolute Gasteiger partial charge is 0.313 e. The van der Waals surface area contributed by atoms with Gasteiger partial charge in [-0.1, -0.05) is 45.0 Å². The molecule has 1 aliphatic heterocycles. The van der Waals surface area contributed by atoms with E-state index in [1.807, 2.05) is 0 Å². The second kappa shape index (κ2) is 6.28. The van der Waals surface area contributed by atoms with E-state index in [1.165, 1.54) is 24.0 Å². The predicted molar refractivity (Wildman–Crippen MR) is 86.8 cm³/mol. The molecule has 0 aliphatic carbocycles. The van der Waals surface area contributed by atoms with E-state index in [4.69, 9.17) is 5.73 Å². The second-order valence-corrected chi connectivity index (χ2v) is 7.10. The van der Waals surface area contributed by atoms with Gasteiger partial charge in [0.2, 0.25) is 0 Å². The zero-order chi connectivity index (χ0) is 14.8. The van der Waals surface area contributed by atoms with Crippen LogP contribution in [0, 0.1) is 5.92 Å². The molecule has 0 saturated carbocycles. The average Bonchev–Trinajstić information content (AvgIpc) is 2.39. The monoisotopic (exact) mass is 274 g/mol. The van der Waals surface area contributed by atoms with E-state index >= 15 is 0 Å². The Hall–Kier alpha value is -0.860. The minimum atomic E-state index is -0.223. The Bertz CT molecular complexity index is 412. The molecule has 0 radical (unpaired) electrons. The fraction of sp³-hybridized carbons (Fsp3) is 0.667. The summed E-state index contributed by atoms with van der Waals surface area (Å²) in [7, 11) is 0. The molecular weight excluding hydrogens is 244 g/mol. The van der Waals surface area contributed by atoms with E-state index in [9.17, 15) is 0 Å². The van der Waals surface area contributed by atoms with E-state index in [1.54, 1.807) is 0 Å². The lowest BCUT2D eigenvalue weighted by Crippen LogP contribution is -2.57. The van der Waals surface area contributed by atoms with Gasteiger partial charge in [-0.15, -0.1) is 0 Å². The van der Waals surface area contributed by atoms with E-state index < -0.39 is 0 Å². The number of hydrogen-bond acceptors (Lipinski definition) is 2. The molecule has 0 amide bonds. The first-order valence-corrected chi connectivity index (χ1v) is 8.01. The van der Waals surface area contributed by atoms with Crippen molar-refractivity contribution in [3.05, 3.63) is 35.4 Å². The van der Waals surface area contributed by atoms with Crippen molar-refractivity contribution in [1.29, 1.82) is 0 Å². The van der Waals surface area contributed by atoms with Crippen LogP contribution >= 0.6 is 0 Å². The third-order valence-corrected chi connectivity index (χ3v) is 4.71. The molecule has 1 atom stereocenters. The topological polar surface area (TPSA) is 29.3 Å². The van der Waals surface area contributed by atoms with Crippen LogP contribution in [0.4, 0.5) is 0 Å². The van der Waals surface area contributed by atoms with Crippen LogP contribution in [0.25, 0.3) is 0 Å². The SMILES string of the molecule is CC1CCN(C(C)(N)Cc2ccc(C(C)C)cc2)CC1. The van der Waals surface area contributed by atoms with Gasteiger partial charge in [-0.3, -0.25) is 4.90 Å². The van der Waals surface area contributed by atoms with Crippen LogP contribution in [0.3, 0.4) is 0 Å². The first-order valence-electron chi connectivity index (χ1n) is 8.01. The zero-order valence-corrected chi connectivity index (χ0v) is 13.5. The smallest absolute Gasteiger partial charge is 0.0699 e. The molecule has 20 heavy (non-hydrogen) atoms. The Morgan fingerprint density at radius 2 is 1.75 bits per heavy atom. The van der Waals surface area contributed by atoms with Crippen molar-refractivity contribution in [3.63, 3.8) is 0 Å². The van der Waals surface area contributed by atoms with Gasteiger partial charge in [0.15, 0.2) is 0 Å². The summed E-state index contributed by atoms with van der Waals surface area (Å²) in [4.78, 5) is 2.46. The first kappa shape index (κ1) is 15.5. The van der Waals surface area contributed by atoms with Crippen molar-refractivity contribution in [2.24, 2.45) is 11.7 Å². The molecule has 2 nitrogen and oxygen atoms in total. The van der Waals surface area contributed by atoms with Gasteiger partial charge in [0, 0.05) is 19.5 Å². The van der Waals surface area contributed by atoms with Crippen LogP contribution in [-0.2, 0) is 6.42 Å². The molecule has 1 fully saturated rings. The number of benzene rings is 1. The molecule has 1 aromatic carbocycles. The molecule has 0 aromatic heterocycles. The quantitative estimate of drug-likeness (QED) is 0.906. The van der Waals surface area contributed by atoms with Gasteiger partial charge in [-0.05, 0) is 42.7 Å². The summed E-state index contributed by atoms with van der Waals surface area (Å²) in [6, 6.07) is 8.97. The number of piperidine rings is 1. The fourth-order valence-electron chi connectivity index (χ4n) is 3.06.